The lowest BCUT2D eigenvalue weighted by Gasteiger charge is -2.25. The van der Waals surface area contributed by atoms with E-state index in [1.165, 1.54) is 0 Å². The van der Waals surface area contributed by atoms with Gasteiger partial charge >= 0.3 is 0 Å². The van der Waals surface area contributed by atoms with Crippen molar-refractivity contribution in [1.82, 2.24) is 0 Å². The van der Waals surface area contributed by atoms with E-state index in [0.29, 0.717) is 18.2 Å². The molecule has 2 rings (SSSR count). The van der Waals surface area contributed by atoms with Gasteiger partial charge in [-0.25, -0.2) is 0 Å². The minimum Gasteiger partial charge on any atom is -0.383 e. The van der Waals surface area contributed by atoms with Gasteiger partial charge in [-0.15, -0.1) is 0 Å². The normalized spacial score (nSPS) is 23.1. The predicted molar refractivity (Wildman–Crippen MR) is 69.6 cm³/mol. The van der Waals surface area contributed by atoms with Crippen LogP contribution in [0.2, 0.25) is 0 Å². The Morgan fingerprint density at radius 3 is 2.61 bits per heavy atom. The number of hydrogen-bond donors (Lipinski definition) is 0. The van der Waals surface area contributed by atoms with Crippen LogP contribution in [0.3, 0.4) is 0 Å². The average Bonchev–Trinajstić information content (AvgIpc) is 2.82. The Hall–Kier alpha value is -1.57. The number of nitrogens with zero attached hydrogens (tertiary/aromatic N) is 2. The lowest BCUT2D eigenvalue weighted by Crippen LogP contribution is -2.33. The van der Waals surface area contributed by atoms with E-state index in [1.54, 1.807) is 14.2 Å². The number of anilines is 1. The van der Waals surface area contributed by atoms with Gasteiger partial charge in [0, 0.05) is 26.5 Å². The molecule has 1 heterocycles. The molecule has 1 aliphatic rings. The summed E-state index contributed by atoms with van der Waals surface area (Å²) < 4.78 is 10.7. The number of methoxy groups -OCH3 is 2. The molecule has 0 aliphatic carbocycles. The minimum absolute atomic E-state index is 0.251. The molecule has 0 radical (unpaired) electrons. The summed E-state index contributed by atoms with van der Waals surface area (Å²) in [6, 6.07) is 10.1. The Kier molecular flexibility index (Phi) is 4.19. The molecule has 0 spiro atoms. The van der Waals surface area contributed by atoms with E-state index in [0.717, 1.165) is 18.7 Å². The molecule has 0 aromatic heterocycles. The quantitative estimate of drug-likeness (QED) is 0.812. The van der Waals surface area contributed by atoms with Crippen LogP contribution in [0, 0.1) is 11.3 Å². The maximum absolute atomic E-state index is 8.81. The first-order valence-corrected chi connectivity index (χ1v) is 6.07. The van der Waals surface area contributed by atoms with Gasteiger partial charge in [-0.1, -0.05) is 0 Å². The van der Waals surface area contributed by atoms with Crippen LogP contribution in [-0.4, -0.2) is 39.5 Å². The second-order valence-electron chi connectivity index (χ2n) is 4.51. The first-order valence-electron chi connectivity index (χ1n) is 6.07. The second-order valence-corrected chi connectivity index (χ2v) is 4.51. The largest absolute Gasteiger partial charge is 0.383 e. The summed E-state index contributed by atoms with van der Waals surface area (Å²) in [5.41, 5.74) is 1.81. The van der Waals surface area contributed by atoms with Crippen molar-refractivity contribution in [3.8, 4) is 6.07 Å². The van der Waals surface area contributed by atoms with E-state index in [4.69, 9.17) is 14.7 Å². The molecule has 0 N–H and O–H groups in total. The van der Waals surface area contributed by atoms with Crippen LogP contribution >= 0.6 is 0 Å². The molecule has 18 heavy (non-hydrogen) atoms. The van der Waals surface area contributed by atoms with Crippen LogP contribution < -0.4 is 4.90 Å². The van der Waals surface area contributed by atoms with Crippen LogP contribution in [0.1, 0.15) is 12.0 Å². The van der Waals surface area contributed by atoms with Gasteiger partial charge in [-0.2, -0.15) is 5.26 Å². The van der Waals surface area contributed by atoms with E-state index in [-0.39, 0.29) is 6.10 Å². The Balaban J connectivity index is 2.16. The third-order valence-corrected chi connectivity index (χ3v) is 3.40. The molecule has 1 fully saturated rings. The Morgan fingerprint density at radius 2 is 2.06 bits per heavy atom. The monoisotopic (exact) mass is 246 g/mol. The summed E-state index contributed by atoms with van der Waals surface area (Å²) in [6.45, 7) is 1.57. The van der Waals surface area contributed by atoms with Crippen LogP contribution in [0.4, 0.5) is 5.69 Å². The van der Waals surface area contributed by atoms with Crippen LogP contribution in [0.15, 0.2) is 24.3 Å². The number of nitriles is 1. The highest BCUT2D eigenvalue weighted by Crippen LogP contribution is 2.27. The van der Waals surface area contributed by atoms with Gasteiger partial charge in [-0.05, 0) is 30.7 Å². The molecule has 0 saturated carbocycles. The van der Waals surface area contributed by atoms with E-state index in [1.807, 2.05) is 24.3 Å². The standard InChI is InChI=1S/C14H18N2O2/c1-17-10-13-7-14(18-2)9-16(13)12-5-3-11(8-15)4-6-12/h3-6,13-14H,7,9-10H2,1-2H3/t13-,14+/m0/s1. The molecule has 2 atom stereocenters. The van der Waals surface area contributed by atoms with Crippen LogP contribution in [0.25, 0.3) is 0 Å². The van der Waals surface area contributed by atoms with Crippen molar-refractivity contribution in [2.45, 2.75) is 18.6 Å². The highest BCUT2D eigenvalue weighted by molar-refractivity contribution is 5.51. The summed E-state index contributed by atoms with van der Waals surface area (Å²) in [6.07, 6.45) is 1.23. The predicted octanol–water partition coefficient (Wildman–Crippen LogP) is 1.80. The van der Waals surface area contributed by atoms with Crippen molar-refractivity contribution in [2.75, 3.05) is 32.3 Å². The van der Waals surface area contributed by atoms with Gasteiger partial charge in [-0.3, -0.25) is 0 Å². The fourth-order valence-corrected chi connectivity index (χ4v) is 2.44. The molecule has 0 unspecified atom stereocenters. The average molecular weight is 246 g/mol. The van der Waals surface area contributed by atoms with Crippen molar-refractivity contribution >= 4 is 5.69 Å². The Labute approximate surface area is 108 Å². The first-order chi connectivity index (χ1) is 8.78. The number of hydrogen-bond acceptors (Lipinski definition) is 4. The molecule has 1 aromatic rings. The third-order valence-electron chi connectivity index (χ3n) is 3.40. The van der Waals surface area contributed by atoms with Crippen molar-refractivity contribution < 1.29 is 9.47 Å². The van der Waals surface area contributed by atoms with E-state index in [2.05, 4.69) is 11.0 Å². The van der Waals surface area contributed by atoms with Crippen molar-refractivity contribution in [3.63, 3.8) is 0 Å². The molecule has 1 aromatic carbocycles. The number of ether oxygens (including phenoxy) is 2. The zero-order chi connectivity index (χ0) is 13.0. The summed E-state index contributed by atoms with van der Waals surface area (Å²) in [4.78, 5) is 2.29. The molecular weight excluding hydrogens is 228 g/mol. The first kappa shape index (κ1) is 12.9. The van der Waals surface area contributed by atoms with Gasteiger partial charge in [0.15, 0.2) is 0 Å². The van der Waals surface area contributed by atoms with Crippen molar-refractivity contribution in [3.05, 3.63) is 29.8 Å². The number of rotatable bonds is 4. The van der Waals surface area contributed by atoms with Crippen molar-refractivity contribution in [2.24, 2.45) is 0 Å². The maximum atomic E-state index is 8.81. The lowest BCUT2D eigenvalue weighted by molar-refractivity contribution is 0.111. The Morgan fingerprint density at radius 1 is 1.33 bits per heavy atom. The maximum Gasteiger partial charge on any atom is 0.0991 e. The minimum atomic E-state index is 0.251. The van der Waals surface area contributed by atoms with Gasteiger partial charge in [0.05, 0.1) is 30.4 Å². The summed E-state index contributed by atoms with van der Waals surface area (Å²) >= 11 is 0. The zero-order valence-corrected chi connectivity index (χ0v) is 10.8. The fourth-order valence-electron chi connectivity index (χ4n) is 2.44. The van der Waals surface area contributed by atoms with Gasteiger partial charge in [0.25, 0.3) is 0 Å². The molecule has 0 amide bonds. The Bertz CT molecular complexity index is 424. The smallest absolute Gasteiger partial charge is 0.0991 e. The van der Waals surface area contributed by atoms with Crippen LogP contribution in [0.5, 0.6) is 0 Å². The van der Waals surface area contributed by atoms with E-state index >= 15 is 0 Å². The second kappa shape index (κ2) is 5.85. The summed E-state index contributed by atoms with van der Waals surface area (Å²) in [5, 5.41) is 8.81. The molecule has 4 nitrogen and oxygen atoms in total. The SMILES string of the molecule is COC[C@@H]1C[C@@H](OC)CN1c1ccc(C#N)cc1. The third kappa shape index (κ3) is 2.63. The van der Waals surface area contributed by atoms with Gasteiger partial charge in [0.1, 0.15) is 0 Å². The topological polar surface area (TPSA) is 45.5 Å². The summed E-state index contributed by atoms with van der Waals surface area (Å²) in [5.74, 6) is 0. The summed E-state index contributed by atoms with van der Waals surface area (Å²) in [7, 11) is 3.47. The van der Waals surface area contributed by atoms with Crippen molar-refractivity contribution in [1.29, 1.82) is 5.26 Å². The fraction of sp³-hybridized carbons (Fsp3) is 0.500. The zero-order valence-electron chi connectivity index (χ0n) is 10.8. The van der Waals surface area contributed by atoms with Gasteiger partial charge in [0.2, 0.25) is 0 Å². The molecule has 1 saturated heterocycles. The molecule has 4 heteroatoms. The molecule has 0 bridgehead atoms. The molecular formula is C14H18N2O2. The lowest BCUT2D eigenvalue weighted by atomic mass is 10.2. The van der Waals surface area contributed by atoms with E-state index < -0.39 is 0 Å². The number of benzene rings is 1. The van der Waals surface area contributed by atoms with E-state index in [9.17, 15) is 0 Å². The van der Waals surface area contributed by atoms with Crippen LogP contribution in [-0.2, 0) is 9.47 Å². The molecule has 96 valence electrons. The van der Waals surface area contributed by atoms with Gasteiger partial charge < -0.3 is 14.4 Å². The molecule has 1 aliphatic heterocycles. The highest BCUT2D eigenvalue weighted by Gasteiger charge is 2.32. The highest BCUT2D eigenvalue weighted by atomic mass is 16.5.